The molecule has 3 heterocycles. The average Bonchev–Trinajstić information content (AvgIpc) is 3.36. The van der Waals surface area contributed by atoms with E-state index in [1.165, 1.54) is 35.7 Å². The zero-order valence-corrected chi connectivity index (χ0v) is 16.1. The van der Waals surface area contributed by atoms with E-state index in [9.17, 15) is 19.1 Å². The molecule has 2 aromatic carbocycles. The van der Waals surface area contributed by atoms with Gasteiger partial charge in [-0.15, -0.1) is 10.2 Å². The fraction of sp³-hybridized carbons (Fsp3) is 0.100. The second-order valence-corrected chi connectivity index (χ2v) is 7.36. The number of carbonyl (C=O) groups is 1. The number of halogens is 1. The summed E-state index contributed by atoms with van der Waals surface area (Å²) in [6.07, 6.45) is 0. The maximum absolute atomic E-state index is 13.8. The van der Waals surface area contributed by atoms with E-state index in [0.29, 0.717) is 5.56 Å². The Labute approximate surface area is 171 Å². The number of aromatic nitrogens is 2. The molecule has 5 rings (SSSR count). The van der Waals surface area contributed by atoms with Gasteiger partial charge in [0.15, 0.2) is 16.9 Å². The topological polar surface area (TPSA) is 106 Å². The van der Waals surface area contributed by atoms with Crippen molar-refractivity contribution >= 4 is 33.3 Å². The Morgan fingerprint density at radius 1 is 1.23 bits per heavy atom. The lowest BCUT2D eigenvalue weighted by Crippen LogP contribution is -2.29. The van der Waals surface area contributed by atoms with Crippen LogP contribution in [-0.2, 0) is 0 Å². The third kappa shape index (κ3) is 2.57. The molecule has 1 aliphatic heterocycles. The Kier molecular flexibility index (Phi) is 4.03. The van der Waals surface area contributed by atoms with Crippen LogP contribution in [0.15, 0.2) is 51.1 Å². The summed E-state index contributed by atoms with van der Waals surface area (Å²) in [5, 5.41) is 18.0. The maximum atomic E-state index is 13.8. The van der Waals surface area contributed by atoms with Crippen LogP contribution < -0.4 is 15.1 Å². The third-order valence-corrected chi connectivity index (χ3v) is 5.60. The number of nitrogens with zero attached hydrogens (tertiary/aromatic N) is 3. The second-order valence-electron chi connectivity index (χ2n) is 6.54. The lowest BCUT2D eigenvalue weighted by atomic mass is 9.98. The Bertz CT molecular complexity index is 1370. The van der Waals surface area contributed by atoms with Crippen LogP contribution in [0.1, 0.15) is 27.7 Å². The van der Waals surface area contributed by atoms with Gasteiger partial charge in [0.05, 0.1) is 24.1 Å². The number of fused-ring (bicyclic) bond motifs is 2. The Morgan fingerprint density at radius 3 is 2.80 bits per heavy atom. The van der Waals surface area contributed by atoms with E-state index in [2.05, 4.69) is 10.2 Å². The van der Waals surface area contributed by atoms with Crippen molar-refractivity contribution in [1.29, 1.82) is 0 Å². The van der Waals surface area contributed by atoms with Gasteiger partial charge >= 0.3 is 0 Å². The third-order valence-electron chi connectivity index (χ3n) is 4.91. The number of aromatic hydroxyl groups is 1. The fourth-order valence-electron chi connectivity index (χ4n) is 3.59. The number of phenolic OH excluding ortho intramolecular Hbond substituents is 1. The summed E-state index contributed by atoms with van der Waals surface area (Å²) in [6.45, 7) is 0. The van der Waals surface area contributed by atoms with Gasteiger partial charge in [0.2, 0.25) is 10.9 Å². The van der Waals surface area contributed by atoms with Crippen LogP contribution in [0.5, 0.6) is 11.5 Å². The molecule has 0 radical (unpaired) electrons. The highest BCUT2D eigenvalue weighted by molar-refractivity contribution is 7.13. The number of methoxy groups -OCH3 is 1. The highest BCUT2D eigenvalue weighted by Crippen LogP contribution is 2.43. The molecule has 10 heteroatoms. The first kappa shape index (κ1) is 18.3. The van der Waals surface area contributed by atoms with Crippen LogP contribution >= 0.6 is 11.3 Å². The zero-order chi connectivity index (χ0) is 21.0. The normalized spacial score (nSPS) is 15.6. The first-order chi connectivity index (χ1) is 14.5. The van der Waals surface area contributed by atoms with Crippen molar-refractivity contribution in [3.05, 3.63) is 74.8 Å². The number of ether oxygens (including phenoxy) is 1. The molecule has 2 aromatic heterocycles. The number of carbonyl (C=O) groups excluding carboxylic acids is 1. The average molecular weight is 425 g/mol. The predicted octanol–water partition coefficient (Wildman–Crippen LogP) is 3.25. The van der Waals surface area contributed by atoms with Crippen LogP contribution in [0.4, 0.5) is 9.52 Å². The molecule has 0 saturated heterocycles. The van der Waals surface area contributed by atoms with Crippen molar-refractivity contribution in [3.63, 3.8) is 0 Å². The van der Waals surface area contributed by atoms with E-state index in [0.717, 1.165) is 23.5 Å². The molecule has 0 saturated carbocycles. The molecule has 1 N–H and O–H groups in total. The number of hydrogen-bond donors (Lipinski definition) is 1. The van der Waals surface area contributed by atoms with Crippen LogP contribution in [0.2, 0.25) is 0 Å². The zero-order valence-electron chi connectivity index (χ0n) is 15.3. The lowest BCUT2D eigenvalue weighted by molar-refractivity contribution is 0.0970. The van der Waals surface area contributed by atoms with E-state index < -0.39 is 23.2 Å². The van der Waals surface area contributed by atoms with Gasteiger partial charge in [-0.2, -0.15) is 0 Å². The number of anilines is 1. The Hall–Kier alpha value is -3.79. The number of rotatable bonds is 3. The molecule has 4 aromatic rings. The maximum Gasteiger partial charge on any atom is 0.297 e. The molecular weight excluding hydrogens is 413 g/mol. The van der Waals surface area contributed by atoms with Crippen LogP contribution in [0.25, 0.3) is 11.0 Å². The molecule has 0 spiro atoms. The fourth-order valence-corrected chi connectivity index (χ4v) is 4.18. The first-order valence-electron chi connectivity index (χ1n) is 8.72. The van der Waals surface area contributed by atoms with Gasteiger partial charge < -0.3 is 14.3 Å². The minimum absolute atomic E-state index is 0.0245. The van der Waals surface area contributed by atoms with Gasteiger partial charge in [0, 0.05) is 0 Å². The molecule has 30 heavy (non-hydrogen) atoms. The second kappa shape index (κ2) is 6.63. The van der Waals surface area contributed by atoms with E-state index in [1.54, 1.807) is 6.07 Å². The highest BCUT2D eigenvalue weighted by Gasteiger charge is 2.45. The van der Waals surface area contributed by atoms with Crippen molar-refractivity contribution in [3.8, 4) is 11.5 Å². The summed E-state index contributed by atoms with van der Waals surface area (Å²) in [5.74, 6) is -1.24. The summed E-state index contributed by atoms with van der Waals surface area (Å²) in [4.78, 5) is 27.9. The standard InChI is InChI=1S/C20H12FN3O5S/c1-28-14-6-9(2-4-12(14)25)16-15-17(26)11-7-10(21)3-5-13(11)29-18(15)19(27)24(16)20-23-22-8-30-20/h2-8,16,25H,1H3. The summed E-state index contributed by atoms with van der Waals surface area (Å²) in [7, 11) is 1.39. The lowest BCUT2D eigenvalue weighted by Gasteiger charge is -2.22. The van der Waals surface area contributed by atoms with E-state index in [1.807, 2.05) is 0 Å². The number of phenols is 1. The minimum atomic E-state index is -0.918. The van der Waals surface area contributed by atoms with Gasteiger partial charge in [0.25, 0.3) is 5.91 Å². The van der Waals surface area contributed by atoms with Crippen molar-refractivity contribution in [2.45, 2.75) is 6.04 Å². The van der Waals surface area contributed by atoms with E-state index in [4.69, 9.17) is 9.15 Å². The van der Waals surface area contributed by atoms with Crippen molar-refractivity contribution in [2.75, 3.05) is 12.0 Å². The van der Waals surface area contributed by atoms with E-state index in [-0.39, 0.29) is 38.9 Å². The molecule has 8 nitrogen and oxygen atoms in total. The highest BCUT2D eigenvalue weighted by atomic mass is 32.1. The quantitative estimate of drug-likeness (QED) is 0.537. The largest absolute Gasteiger partial charge is 0.504 e. The van der Waals surface area contributed by atoms with Crippen LogP contribution in [0.3, 0.4) is 0 Å². The summed E-state index contributed by atoms with van der Waals surface area (Å²) in [5.41, 5.74) is 1.58. The summed E-state index contributed by atoms with van der Waals surface area (Å²) >= 11 is 1.12. The summed E-state index contributed by atoms with van der Waals surface area (Å²) in [6, 6.07) is 7.11. The predicted molar refractivity (Wildman–Crippen MR) is 106 cm³/mol. The molecule has 0 aliphatic carbocycles. The van der Waals surface area contributed by atoms with Gasteiger partial charge in [-0.05, 0) is 35.9 Å². The molecule has 150 valence electrons. The van der Waals surface area contributed by atoms with Crippen LogP contribution in [0, 0.1) is 5.82 Å². The van der Waals surface area contributed by atoms with Crippen molar-refractivity contribution in [2.24, 2.45) is 0 Å². The van der Waals surface area contributed by atoms with Crippen molar-refractivity contribution < 1.29 is 23.4 Å². The molecule has 1 atom stereocenters. The smallest absolute Gasteiger partial charge is 0.297 e. The van der Waals surface area contributed by atoms with Crippen LogP contribution in [-0.4, -0.2) is 28.3 Å². The molecule has 0 bridgehead atoms. The molecular formula is C20H12FN3O5S. The summed E-state index contributed by atoms with van der Waals surface area (Å²) < 4.78 is 24.7. The van der Waals surface area contributed by atoms with Gasteiger partial charge in [0.1, 0.15) is 16.9 Å². The number of benzene rings is 2. The van der Waals surface area contributed by atoms with Gasteiger partial charge in [-0.25, -0.2) is 4.39 Å². The van der Waals surface area contributed by atoms with Gasteiger partial charge in [-0.1, -0.05) is 17.4 Å². The minimum Gasteiger partial charge on any atom is -0.504 e. The Morgan fingerprint density at radius 2 is 2.07 bits per heavy atom. The number of hydrogen-bond acceptors (Lipinski definition) is 8. The number of amides is 1. The SMILES string of the molecule is COc1cc(C2c3c(oc4ccc(F)cc4c3=O)C(=O)N2c2nncs2)ccc1O. The molecule has 1 amide bonds. The molecule has 1 aliphatic rings. The molecule has 1 unspecified atom stereocenters. The van der Waals surface area contributed by atoms with E-state index >= 15 is 0 Å². The van der Waals surface area contributed by atoms with Gasteiger partial charge in [-0.3, -0.25) is 14.5 Å². The molecule has 0 fully saturated rings. The Balaban J connectivity index is 1.83. The monoisotopic (exact) mass is 425 g/mol. The first-order valence-corrected chi connectivity index (χ1v) is 9.60. The van der Waals surface area contributed by atoms with Crippen molar-refractivity contribution in [1.82, 2.24) is 10.2 Å².